The van der Waals surface area contributed by atoms with Gasteiger partial charge in [-0.15, -0.1) is 21.5 Å². The lowest BCUT2D eigenvalue weighted by molar-refractivity contribution is 0.0645. The van der Waals surface area contributed by atoms with E-state index in [0.717, 1.165) is 52.6 Å². The lowest BCUT2D eigenvalue weighted by Gasteiger charge is -2.33. The van der Waals surface area contributed by atoms with E-state index in [0.29, 0.717) is 24.5 Å². The summed E-state index contributed by atoms with van der Waals surface area (Å²) in [6.07, 6.45) is 4.34. The number of piperazine rings is 1. The first kappa shape index (κ1) is 29.8. The molecule has 0 N–H and O–H groups in total. The average Bonchev–Trinajstić information content (AvgIpc) is 3.72. The van der Waals surface area contributed by atoms with E-state index in [1.54, 1.807) is 18.9 Å². The van der Waals surface area contributed by atoms with Crippen LogP contribution in [-0.4, -0.2) is 75.3 Å². The molecular weight excluding hydrogens is 589 g/mol. The Balaban J connectivity index is 1.09. The van der Waals surface area contributed by atoms with Gasteiger partial charge in [0, 0.05) is 49.4 Å². The number of carbonyl (C=O) groups excluding carboxylic acids is 1. The van der Waals surface area contributed by atoms with E-state index in [4.69, 9.17) is 9.72 Å². The fourth-order valence-electron chi connectivity index (χ4n) is 5.04. The number of methoxy groups -OCH3 is 1. The molecule has 1 aliphatic heterocycles. The van der Waals surface area contributed by atoms with Crippen molar-refractivity contribution in [3.8, 4) is 22.8 Å². The van der Waals surface area contributed by atoms with Crippen LogP contribution in [0.2, 0.25) is 0 Å². The van der Waals surface area contributed by atoms with Crippen LogP contribution in [0.4, 0.5) is 0 Å². The molecule has 0 unspecified atom stereocenters. The monoisotopic (exact) mass is 622 g/mol. The Morgan fingerprint density at radius 2 is 1.77 bits per heavy atom. The second kappa shape index (κ2) is 14.0. The van der Waals surface area contributed by atoms with Crippen molar-refractivity contribution in [1.29, 1.82) is 0 Å². The highest BCUT2D eigenvalue weighted by molar-refractivity contribution is 7.98. The quantitative estimate of drug-likeness (QED) is 0.165. The smallest absolute Gasteiger partial charge is 0.273 e. The maximum atomic E-state index is 13.3. The molecule has 1 aliphatic rings. The predicted molar refractivity (Wildman–Crippen MR) is 178 cm³/mol. The summed E-state index contributed by atoms with van der Waals surface area (Å²) < 4.78 is 7.51. The number of aryl methyl sites for hydroxylation is 1. The van der Waals surface area contributed by atoms with Gasteiger partial charge in [0.15, 0.2) is 11.0 Å². The fourth-order valence-corrected chi connectivity index (χ4v) is 6.78. The Hall–Kier alpha value is -4.25. The molecule has 0 bridgehead atoms. The zero-order valence-corrected chi connectivity index (χ0v) is 26.4. The fraction of sp³-hybridized carbons (Fsp3) is 0.235. The van der Waals surface area contributed by atoms with Crippen molar-refractivity contribution in [2.75, 3.05) is 39.8 Å². The summed E-state index contributed by atoms with van der Waals surface area (Å²) in [4.78, 5) is 22.3. The SMILES string of the molecule is COc1cccc(-c2nnc(SCc3nc(C(=O)N4CCN(CC=Cc5ccccc5)CC4)cs3)n2-c2ccc(C)cc2)c1. The molecule has 1 fully saturated rings. The molecule has 0 atom stereocenters. The topological polar surface area (TPSA) is 76.4 Å². The largest absolute Gasteiger partial charge is 0.497 e. The highest BCUT2D eigenvalue weighted by Crippen LogP contribution is 2.32. The highest BCUT2D eigenvalue weighted by atomic mass is 32.2. The number of hydrogen-bond acceptors (Lipinski definition) is 8. The summed E-state index contributed by atoms with van der Waals surface area (Å²) in [5, 5.41) is 12.6. The van der Waals surface area contributed by atoms with E-state index in [-0.39, 0.29) is 5.91 Å². The van der Waals surface area contributed by atoms with Gasteiger partial charge >= 0.3 is 0 Å². The molecule has 3 heterocycles. The maximum absolute atomic E-state index is 13.3. The molecule has 6 rings (SSSR count). The minimum atomic E-state index is 0.000103. The molecule has 8 nitrogen and oxygen atoms in total. The Labute approximate surface area is 266 Å². The number of ether oxygens (including phenoxy) is 1. The summed E-state index contributed by atoms with van der Waals surface area (Å²) in [5.41, 5.74) is 4.79. The van der Waals surface area contributed by atoms with Crippen LogP contribution < -0.4 is 4.74 Å². The molecule has 44 heavy (non-hydrogen) atoms. The molecule has 5 aromatic rings. The van der Waals surface area contributed by atoms with Crippen LogP contribution in [0.25, 0.3) is 23.2 Å². The van der Waals surface area contributed by atoms with E-state index in [9.17, 15) is 4.79 Å². The van der Waals surface area contributed by atoms with Gasteiger partial charge in [0.05, 0.1) is 12.9 Å². The number of benzene rings is 3. The zero-order valence-electron chi connectivity index (χ0n) is 24.8. The van der Waals surface area contributed by atoms with Crippen molar-refractivity contribution < 1.29 is 9.53 Å². The van der Waals surface area contributed by atoms with Crippen molar-refractivity contribution in [1.82, 2.24) is 29.5 Å². The number of aromatic nitrogens is 4. The minimum absolute atomic E-state index is 0.000103. The van der Waals surface area contributed by atoms with Crippen molar-refractivity contribution in [2.24, 2.45) is 0 Å². The third kappa shape index (κ3) is 7.10. The van der Waals surface area contributed by atoms with Crippen LogP contribution in [0.15, 0.2) is 95.5 Å². The Morgan fingerprint density at radius 3 is 2.55 bits per heavy atom. The van der Waals surface area contributed by atoms with E-state index in [1.807, 2.05) is 52.7 Å². The lowest BCUT2D eigenvalue weighted by Crippen LogP contribution is -2.48. The molecule has 3 aromatic carbocycles. The number of thioether (sulfide) groups is 1. The molecular formula is C34H34N6O2S2. The molecule has 2 aromatic heterocycles. The summed E-state index contributed by atoms with van der Waals surface area (Å²) >= 11 is 3.07. The number of carbonyl (C=O) groups is 1. The van der Waals surface area contributed by atoms with Crippen molar-refractivity contribution in [3.63, 3.8) is 0 Å². The van der Waals surface area contributed by atoms with Crippen LogP contribution in [-0.2, 0) is 5.75 Å². The predicted octanol–water partition coefficient (Wildman–Crippen LogP) is 6.47. The normalized spacial score (nSPS) is 13.9. The van der Waals surface area contributed by atoms with Crippen molar-refractivity contribution in [2.45, 2.75) is 17.8 Å². The van der Waals surface area contributed by atoms with Crippen molar-refractivity contribution >= 4 is 35.1 Å². The Morgan fingerprint density at radius 1 is 0.977 bits per heavy atom. The number of nitrogens with zero attached hydrogens (tertiary/aromatic N) is 6. The Kier molecular flexibility index (Phi) is 9.50. The molecule has 1 saturated heterocycles. The number of amides is 1. The van der Waals surface area contributed by atoms with Gasteiger partial charge in [-0.1, -0.05) is 84.1 Å². The number of rotatable bonds is 10. The third-order valence-electron chi connectivity index (χ3n) is 7.48. The number of hydrogen-bond donors (Lipinski definition) is 0. The summed E-state index contributed by atoms with van der Waals surface area (Å²) in [6.45, 7) is 6.05. The maximum Gasteiger partial charge on any atom is 0.273 e. The summed E-state index contributed by atoms with van der Waals surface area (Å²) in [6, 6.07) is 26.5. The Bertz CT molecular complexity index is 1720. The molecule has 10 heteroatoms. The van der Waals surface area contributed by atoms with Gasteiger partial charge in [-0.25, -0.2) is 4.98 Å². The van der Waals surface area contributed by atoms with Gasteiger partial charge in [0.1, 0.15) is 16.5 Å². The van der Waals surface area contributed by atoms with Crippen LogP contribution in [0, 0.1) is 6.92 Å². The second-order valence-corrected chi connectivity index (χ2v) is 12.4. The van der Waals surface area contributed by atoms with Crippen LogP contribution in [0.5, 0.6) is 5.75 Å². The van der Waals surface area contributed by atoms with Gasteiger partial charge in [-0.2, -0.15) is 0 Å². The standard InChI is InChI=1S/C34H34N6O2S2/c1-25-13-15-28(16-14-25)40-32(27-11-6-12-29(22-27)42-2)36-37-34(40)44-24-31-35-30(23-43-31)33(41)39-20-18-38(19-21-39)17-7-10-26-8-4-3-5-9-26/h3-16,22-23H,17-21,24H2,1-2H3. The molecule has 0 radical (unpaired) electrons. The van der Waals surface area contributed by atoms with Crippen LogP contribution in [0.1, 0.15) is 26.6 Å². The first-order valence-corrected chi connectivity index (χ1v) is 16.4. The van der Waals surface area contributed by atoms with Crippen LogP contribution in [0.3, 0.4) is 0 Å². The average molecular weight is 623 g/mol. The lowest BCUT2D eigenvalue weighted by atomic mass is 10.2. The number of thiazole rings is 1. The van der Waals surface area contributed by atoms with Crippen LogP contribution >= 0.6 is 23.1 Å². The van der Waals surface area contributed by atoms with Crippen molar-refractivity contribution in [3.05, 3.63) is 112 Å². The van der Waals surface area contributed by atoms with E-state index < -0.39 is 0 Å². The first-order chi connectivity index (χ1) is 21.6. The summed E-state index contributed by atoms with van der Waals surface area (Å²) in [7, 11) is 1.66. The van der Waals surface area contributed by atoms with Gasteiger partial charge in [0.25, 0.3) is 5.91 Å². The molecule has 0 aliphatic carbocycles. The first-order valence-electron chi connectivity index (χ1n) is 14.5. The molecule has 224 valence electrons. The van der Waals surface area contributed by atoms with Gasteiger partial charge in [-0.05, 0) is 36.8 Å². The van der Waals surface area contributed by atoms with E-state index >= 15 is 0 Å². The van der Waals surface area contributed by atoms with Gasteiger partial charge in [0.2, 0.25) is 0 Å². The molecule has 1 amide bonds. The highest BCUT2D eigenvalue weighted by Gasteiger charge is 2.24. The second-order valence-electron chi connectivity index (χ2n) is 10.5. The van der Waals surface area contributed by atoms with Gasteiger partial charge < -0.3 is 9.64 Å². The van der Waals surface area contributed by atoms with Gasteiger partial charge in [-0.3, -0.25) is 14.3 Å². The third-order valence-corrected chi connectivity index (χ3v) is 9.45. The zero-order chi connectivity index (χ0) is 30.3. The minimum Gasteiger partial charge on any atom is -0.497 e. The van der Waals surface area contributed by atoms with E-state index in [1.165, 1.54) is 22.5 Å². The van der Waals surface area contributed by atoms with E-state index in [2.05, 4.69) is 75.1 Å². The molecule has 0 spiro atoms. The molecule has 0 saturated carbocycles. The summed E-state index contributed by atoms with van der Waals surface area (Å²) in [5.74, 6) is 2.08.